The van der Waals surface area contributed by atoms with Crippen LogP contribution >= 0.6 is 23.4 Å². The van der Waals surface area contributed by atoms with E-state index in [0.29, 0.717) is 65.9 Å². The molecule has 0 aromatic carbocycles. The van der Waals surface area contributed by atoms with Gasteiger partial charge >= 0.3 is 12.1 Å². The average Bonchev–Trinajstić information content (AvgIpc) is 3.83. The standard InChI is InChI=1S/C25H33N3O5.C16H21ClN2O3.C8H11ClN2O2.C2HF3O2.CH4/c1-15-14-22(32-6)19(25(30)27-15)9-10-21(29)23-17(3)28(24-20(23)8-7-11-26-24)16(2)18(4)33-13-12-31-5;1-10(12(3)22-9-8-21-4)19-11(2)14(15(17)20)13-6-5-7-18-16(13)19;1-5-3-7(13-2)6(4-10-9)8(12)11-5;3-2(4,5)1(6)7;/h7-8,11,14,16,18H,9-10,12-13H2,1-6H3,(H,27,30);5-7,10,12H,8-9H2,1-4H3;3,10H,4H2,1-2H3,(H,11,12);(H,6,7);1H4. The Kier molecular flexibility index (Phi) is 27.1. The van der Waals surface area contributed by atoms with Gasteiger partial charge in [0.2, 0.25) is 0 Å². The molecule has 6 aromatic rings. The Balaban J connectivity index is 0.000000394. The minimum atomic E-state index is -5.08. The molecule has 6 heterocycles. The van der Waals surface area contributed by atoms with Gasteiger partial charge in [-0.05, 0) is 122 Å². The molecular formula is C52H70Cl2F3N7O12. The molecule has 0 fully saturated rings. The first-order valence-electron chi connectivity index (χ1n) is 23.4. The Labute approximate surface area is 449 Å². The monoisotopic (exact) mass is 1110 g/mol. The number of pyridine rings is 4. The van der Waals surface area contributed by atoms with Crippen molar-refractivity contribution in [2.75, 3.05) is 54.9 Å². The van der Waals surface area contributed by atoms with Crippen LogP contribution in [0.3, 0.4) is 0 Å². The number of alkyl halides is 3. The van der Waals surface area contributed by atoms with Gasteiger partial charge in [0.1, 0.15) is 22.8 Å². The van der Waals surface area contributed by atoms with Crippen LogP contribution < -0.4 is 25.4 Å². The molecule has 4 unspecified atom stereocenters. The highest BCUT2D eigenvalue weighted by atomic mass is 35.5. The zero-order valence-electron chi connectivity index (χ0n) is 44.0. The molecule has 6 aromatic heterocycles. The van der Waals surface area contributed by atoms with Crippen LogP contribution in [0.5, 0.6) is 11.5 Å². The number of nitrogens with one attached hydrogen (secondary N) is 3. The fourth-order valence-corrected chi connectivity index (χ4v) is 8.39. The fraction of sp³-hybridized carbons (Fsp3) is 0.481. The maximum Gasteiger partial charge on any atom is 0.490 e. The first-order valence-corrected chi connectivity index (χ1v) is 24.2. The summed E-state index contributed by atoms with van der Waals surface area (Å²) in [6, 6.07) is 10.9. The van der Waals surface area contributed by atoms with Gasteiger partial charge in [0.25, 0.3) is 16.4 Å². The SMILES string of the molecule is C.COCCOC(C)C(C)n1c(C)c(C(=O)CCc2c(OC)cc(C)[nH]c2=O)c2cccnc21.COCCOC(C)C(C)n1c(C)c(C(=O)Cl)c2cccnc21.COc1cc(C)[nH]c(=O)c1CNCl.O=C(O)C(F)(F)F. The number of hydrogen-bond acceptors (Lipinski definition) is 14. The number of methoxy groups -OCH3 is 4. The van der Waals surface area contributed by atoms with Crippen LogP contribution in [-0.4, -0.2) is 124 Å². The van der Waals surface area contributed by atoms with E-state index in [1.807, 2.05) is 57.4 Å². The highest BCUT2D eigenvalue weighted by Gasteiger charge is 2.38. The molecule has 19 nitrogen and oxygen atoms in total. The number of aromatic amines is 2. The molecule has 0 amide bonds. The molecule has 0 aliphatic heterocycles. The summed E-state index contributed by atoms with van der Waals surface area (Å²) in [6.07, 6.45) is -1.32. The van der Waals surface area contributed by atoms with Crippen LogP contribution in [0.15, 0.2) is 58.4 Å². The number of halogens is 5. The first kappa shape index (κ1) is 66.0. The van der Waals surface area contributed by atoms with Gasteiger partial charge in [-0.1, -0.05) is 7.43 Å². The van der Waals surface area contributed by atoms with Gasteiger partial charge in [-0.3, -0.25) is 19.2 Å². The van der Waals surface area contributed by atoms with Gasteiger partial charge in [-0.15, -0.1) is 0 Å². The lowest BCUT2D eigenvalue weighted by atomic mass is 10.0. The number of carboxylic acids is 1. The molecule has 24 heteroatoms. The third-order valence-corrected chi connectivity index (χ3v) is 12.3. The number of rotatable bonds is 21. The van der Waals surface area contributed by atoms with Crippen molar-refractivity contribution in [2.24, 2.45) is 0 Å². The lowest BCUT2D eigenvalue weighted by Crippen LogP contribution is -2.24. The maximum absolute atomic E-state index is 13.4. The van der Waals surface area contributed by atoms with Gasteiger partial charge in [0.15, 0.2) is 5.78 Å². The van der Waals surface area contributed by atoms with Crippen molar-refractivity contribution in [3.05, 3.63) is 115 Å². The third kappa shape index (κ3) is 17.4. The number of carbonyl (C=O) groups excluding carboxylic acids is 2. The fourth-order valence-electron chi connectivity index (χ4n) is 8.02. The number of ether oxygens (including phenoxy) is 6. The number of nitrogens with zero attached hydrogens (tertiary/aromatic N) is 4. The summed E-state index contributed by atoms with van der Waals surface area (Å²) in [7, 11) is 6.33. The molecule has 0 saturated carbocycles. The quantitative estimate of drug-likeness (QED) is 0.0227. The van der Waals surface area contributed by atoms with Crippen LogP contribution in [0.1, 0.15) is 108 Å². The number of aromatic nitrogens is 6. The molecular weight excluding hydrogens is 1040 g/mol. The smallest absolute Gasteiger partial charge is 0.490 e. The topological polar surface area (TPSA) is 240 Å². The van der Waals surface area contributed by atoms with Gasteiger partial charge < -0.3 is 52.6 Å². The van der Waals surface area contributed by atoms with E-state index in [-0.39, 0.29) is 68.0 Å². The number of carboxylic acid groups (broad SMARTS) is 1. The summed E-state index contributed by atoms with van der Waals surface area (Å²) in [4.78, 5) is 74.7. The van der Waals surface area contributed by atoms with Crippen molar-refractivity contribution in [2.45, 2.75) is 113 Å². The molecule has 0 bridgehead atoms. The summed E-state index contributed by atoms with van der Waals surface area (Å²) in [5, 5.41) is 8.24. The van der Waals surface area contributed by atoms with Crippen LogP contribution in [0, 0.1) is 27.7 Å². The van der Waals surface area contributed by atoms with Crippen molar-refractivity contribution < 1.29 is 61.1 Å². The van der Waals surface area contributed by atoms with E-state index in [0.717, 1.165) is 39.1 Å². The Morgan fingerprint density at radius 2 is 1.13 bits per heavy atom. The Hall–Kier alpha value is -6.14. The number of ketones is 1. The second-order valence-electron chi connectivity index (χ2n) is 17.0. The number of aliphatic carboxylic acids is 1. The molecule has 0 spiro atoms. The van der Waals surface area contributed by atoms with Crippen molar-refractivity contribution >= 4 is 62.4 Å². The van der Waals surface area contributed by atoms with Gasteiger partial charge in [-0.2, -0.15) is 13.2 Å². The molecule has 4 atom stereocenters. The van der Waals surface area contributed by atoms with E-state index in [2.05, 4.69) is 36.3 Å². The zero-order valence-corrected chi connectivity index (χ0v) is 45.5. The number of aryl methyl sites for hydroxylation is 2. The van der Waals surface area contributed by atoms with Crippen molar-refractivity contribution in [1.82, 2.24) is 33.9 Å². The number of H-pyrrole nitrogens is 2. The van der Waals surface area contributed by atoms with Crippen LogP contribution in [0.25, 0.3) is 22.1 Å². The van der Waals surface area contributed by atoms with E-state index in [1.165, 1.54) is 14.2 Å². The first-order chi connectivity index (χ1) is 35.4. The zero-order chi connectivity index (χ0) is 56.3. The summed E-state index contributed by atoms with van der Waals surface area (Å²) < 4.78 is 68.0. The molecule has 0 aliphatic carbocycles. The van der Waals surface area contributed by atoms with E-state index in [1.54, 1.807) is 58.7 Å². The lowest BCUT2D eigenvalue weighted by Gasteiger charge is -2.24. The van der Waals surface area contributed by atoms with Gasteiger partial charge in [0.05, 0.1) is 81.6 Å². The predicted octanol–water partition coefficient (Wildman–Crippen LogP) is 9.32. The minimum Gasteiger partial charge on any atom is -0.496 e. The molecule has 4 N–H and O–H groups in total. The lowest BCUT2D eigenvalue weighted by molar-refractivity contribution is -0.192. The van der Waals surface area contributed by atoms with E-state index >= 15 is 0 Å². The number of Topliss-reactive ketones (excluding diaryl/α,β-unsaturated/α-hetero) is 1. The molecule has 0 saturated heterocycles. The highest BCUT2D eigenvalue weighted by molar-refractivity contribution is 6.68. The summed E-state index contributed by atoms with van der Waals surface area (Å²) in [5.41, 5.74) is 6.35. The van der Waals surface area contributed by atoms with Crippen molar-refractivity contribution in [1.29, 1.82) is 0 Å². The third-order valence-electron chi connectivity index (χ3n) is 12.0. The minimum absolute atomic E-state index is 0. The van der Waals surface area contributed by atoms with E-state index in [4.69, 9.17) is 61.7 Å². The highest BCUT2D eigenvalue weighted by Crippen LogP contribution is 2.33. The largest absolute Gasteiger partial charge is 0.496 e. The van der Waals surface area contributed by atoms with Crippen LogP contribution in [0.4, 0.5) is 13.2 Å². The van der Waals surface area contributed by atoms with E-state index in [9.17, 15) is 32.3 Å². The molecule has 420 valence electrons. The van der Waals surface area contributed by atoms with E-state index < -0.39 is 17.4 Å². The Morgan fingerprint density at radius 3 is 1.53 bits per heavy atom. The molecule has 76 heavy (non-hydrogen) atoms. The normalized spacial score (nSPS) is 12.6. The number of hydrogen-bond donors (Lipinski definition) is 4. The average molecular weight is 1110 g/mol. The second-order valence-corrected chi connectivity index (χ2v) is 17.6. The second kappa shape index (κ2) is 31.2. The predicted molar refractivity (Wildman–Crippen MR) is 286 cm³/mol. The molecule has 6 rings (SSSR count). The number of carbonyl (C=O) groups is 3. The van der Waals surface area contributed by atoms with Crippen LogP contribution in [-0.2, 0) is 36.7 Å². The summed E-state index contributed by atoms with van der Waals surface area (Å²) in [6.45, 7) is 17.9. The Bertz CT molecular complexity index is 2980. The van der Waals surface area contributed by atoms with Crippen LogP contribution in [0.2, 0.25) is 0 Å². The molecule has 0 aliphatic rings. The Morgan fingerprint density at radius 1 is 0.724 bits per heavy atom. The van der Waals surface area contributed by atoms with Crippen molar-refractivity contribution in [3.8, 4) is 11.5 Å². The maximum atomic E-state index is 13.4. The van der Waals surface area contributed by atoms with Gasteiger partial charge in [-0.25, -0.2) is 19.6 Å². The number of fused-ring (bicyclic) bond motifs is 2. The molecule has 0 radical (unpaired) electrons. The summed E-state index contributed by atoms with van der Waals surface area (Å²) in [5.74, 6) is -1.74. The van der Waals surface area contributed by atoms with Gasteiger partial charge in [0, 0.05) is 78.7 Å². The van der Waals surface area contributed by atoms with Crippen molar-refractivity contribution in [3.63, 3.8) is 0 Å². The summed E-state index contributed by atoms with van der Waals surface area (Å²) >= 11 is 11.1.